The van der Waals surface area contributed by atoms with E-state index in [4.69, 9.17) is 4.52 Å². The summed E-state index contributed by atoms with van der Waals surface area (Å²) in [7, 11) is 0. The molecule has 4 aromatic rings. The lowest BCUT2D eigenvalue weighted by Gasteiger charge is -2.14. The molecule has 0 bridgehead atoms. The molecule has 0 unspecified atom stereocenters. The quantitative estimate of drug-likeness (QED) is 0.223. The first kappa shape index (κ1) is 24.3. The van der Waals surface area contributed by atoms with E-state index in [1.807, 2.05) is 0 Å². The van der Waals surface area contributed by atoms with Crippen LogP contribution in [0.25, 0.3) is 22.9 Å². The van der Waals surface area contributed by atoms with E-state index < -0.39 is 31.1 Å². The Morgan fingerprint density at radius 3 is 2.69 bits per heavy atom. The van der Waals surface area contributed by atoms with E-state index in [9.17, 15) is 22.4 Å². The molecule has 0 saturated heterocycles. The van der Waals surface area contributed by atoms with Gasteiger partial charge in [0.25, 0.3) is 0 Å². The van der Waals surface area contributed by atoms with Gasteiger partial charge in [-0.1, -0.05) is 23.4 Å². The molecule has 182 valence electrons. The Kier molecular flexibility index (Phi) is 7.10. The number of alkyl halides is 3. The summed E-state index contributed by atoms with van der Waals surface area (Å²) in [4.78, 5) is 20.5. The number of aromatic nitrogens is 5. The van der Waals surface area contributed by atoms with E-state index in [2.05, 4.69) is 41.1 Å². The maximum absolute atomic E-state index is 14.2. The molecule has 0 aliphatic rings. The summed E-state index contributed by atoms with van der Waals surface area (Å²) in [5.41, 5.74) is 1.59. The normalized spacial score (nSPS) is 11.5. The molecule has 3 aromatic heterocycles. The van der Waals surface area contributed by atoms with Gasteiger partial charge < -0.3 is 9.26 Å². The van der Waals surface area contributed by atoms with Crippen LogP contribution in [-0.2, 0) is 11.3 Å². The van der Waals surface area contributed by atoms with Crippen molar-refractivity contribution >= 4 is 28.1 Å². The van der Waals surface area contributed by atoms with E-state index in [0.29, 0.717) is 17.0 Å². The van der Waals surface area contributed by atoms with Crippen molar-refractivity contribution in [3.63, 3.8) is 0 Å². The van der Waals surface area contributed by atoms with Gasteiger partial charge in [-0.25, -0.2) is 19.2 Å². The molecule has 9 nitrogen and oxygen atoms in total. The van der Waals surface area contributed by atoms with Crippen molar-refractivity contribution < 1.29 is 31.6 Å². The van der Waals surface area contributed by atoms with Crippen molar-refractivity contribution in [2.24, 2.45) is 0 Å². The van der Waals surface area contributed by atoms with E-state index in [-0.39, 0.29) is 23.9 Å². The van der Waals surface area contributed by atoms with Gasteiger partial charge in [0.15, 0.2) is 11.6 Å². The molecule has 14 heteroatoms. The lowest BCUT2D eigenvalue weighted by atomic mass is 10.2. The summed E-state index contributed by atoms with van der Waals surface area (Å²) in [6, 6.07) is 10.8. The maximum atomic E-state index is 14.2. The number of ether oxygens (including phenoxy) is 1. The molecule has 3 heterocycles. The maximum Gasteiger partial charge on any atom is 0.425 e. The number of hydrogen-bond donors (Lipinski definition) is 0. The predicted octanol–water partition coefficient (Wildman–Crippen LogP) is 5.39. The van der Waals surface area contributed by atoms with Crippen molar-refractivity contribution in [3.05, 3.63) is 66.3 Å². The second-order valence-electron chi connectivity index (χ2n) is 7.05. The second-order valence-corrected chi connectivity index (χ2v) is 7.76. The summed E-state index contributed by atoms with van der Waals surface area (Å²) in [5, 5.41) is 8.37. The molecule has 1 amide bonds. The molecular formula is C21H15BrF4N6O3. The molecule has 1 aromatic carbocycles. The Morgan fingerprint density at radius 1 is 1.17 bits per heavy atom. The molecule has 0 radical (unpaired) electrons. The number of hydrogen-bond acceptors (Lipinski definition) is 7. The molecule has 0 atom stereocenters. The molecule has 35 heavy (non-hydrogen) atoms. The van der Waals surface area contributed by atoms with Crippen molar-refractivity contribution in [2.45, 2.75) is 19.1 Å². The highest BCUT2D eigenvalue weighted by atomic mass is 79.9. The Bertz CT molecular complexity index is 1310. The number of amides is 1. The Balaban J connectivity index is 1.60. The number of carbonyl (C=O) groups excluding carboxylic acids is 1. The van der Waals surface area contributed by atoms with Crippen LogP contribution >= 0.6 is 16.1 Å². The largest absolute Gasteiger partial charge is 0.448 e. The Morgan fingerprint density at radius 2 is 1.97 bits per heavy atom. The monoisotopic (exact) mass is 554 g/mol. The Hall–Kier alpha value is -3.81. The van der Waals surface area contributed by atoms with E-state index in [1.165, 1.54) is 29.3 Å². The highest BCUT2D eigenvalue weighted by Crippen LogP contribution is 2.27. The van der Waals surface area contributed by atoms with Gasteiger partial charge in [-0.15, -0.1) is 0 Å². The average Bonchev–Trinajstić information content (AvgIpc) is 3.49. The van der Waals surface area contributed by atoms with Crippen LogP contribution in [0, 0.1) is 5.82 Å². The van der Waals surface area contributed by atoms with Crippen LogP contribution in [0.15, 0.2) is 59.4 Å². The van der Waals surface area contributed by atoms with Gasteiger partial charge in [-0.3, -0.25) is 4.68 Å². The van der Waals surface area contributed by atoms with Gasteiger partial charge in [0.05, 0.1) is 34.8 Å². The highest BCUT2D eigenvalue weighted by molar-refractivity contribution is 9.10. The molecule has 0 saturated carbocycles. The first-order valence-electron chi connectivity index (χ1n) is 9.96. The molecular weight excluding hydrogens is 540 g/mol. The zero-order chi connectivity index (χ0) is 25.0. The van der Waals surface area contributed by atoms with Crippen molar-refractivity contribution in [1.29, 1.82) is 0 Å². The zero-order valence-electron chi connectivity index (χ0n) is 17.6. The minimum atomic E-state index is -4.46. The van der Waals surface area contributed by atoms with Crippen LogP contribution in [0.2, 0.25) is 0 Å². The topological polar surface area (TPSA) is 99.2 Å². The summed E-state index contributed by atoms with van der Waals surface area (Å²) in [6.45, 7) is -0.769. The van der Waals surface area contributed by atoms with Gasteiger partial charge >= 0.3 is 12.3 Å². The summed E-state index contributed by atoms with van der Waals surface area (Å²) >= 11 is 2.94. The first-order valence-corrected chi connectivity index (χ1v) is 10.7. The van der Waals surface area contributed by atoms with Gasteiger partial charge in [0.1, 0.15) is 30.1 Å². The highest BCUT2D eigenvalue weighted by Gasteiger charge is 2.28. The van der Waals surface area contributed by atoms with E-state index in [1.54, 1.807) is 30.3 Å². The van der Waals surface area contributed by atoms with Crippen LogP contribution in [0.1, 0.15) is 12.0 Å². The second kappa shape index (κ2) is 10.2. The third kappa shape index (κ3) is 6.01. The molecule has 0 fully saturated rings. The molecule has 0 spiro atoms. The van der Waals surface area contributed by atoms with E-state index >= 15 is 0 Å². The number of nitrogens with zero attached hydrogens (tertiary/aromatic N) is 6. The minimum Gasteiger partial charge on any atom is -0.448 e. The van der Waals surface area contributed by atoms with E-state index in [0.717, 1.165) is 3.93 Å². The van der Waals surface area contributed by atoms with Crippen molar-refractivity contribution in [2.75, 3.05) is 10.5 Å². The van der Waals surface area contributed by atoms with Crippen LogP contribution in [0.3, 0.4) is 0 Å². The van der Waals surface area contributed by atoms with Gasteiger partial charge in [0, 0.05) is 23.9 Å². The Labute approximate surface area is 203 Å². The molecule has 0 aliphatic carbocycles. The van der Waals surface area contributed by atoms with Gasteiger partial charge in [-0.2, -0.15) is 22.2 Å². The summed E-state index contributed by atoms with van der Waals surface area (Å²) in [5.74, 6) is -0.321. The fraction of sp³-hybridized carbons (Fsp3) is 0.190. The summed E-state index contributed by atoms with van der Waals surface area (Å²) < 4.78 is 62.9. The fourth-order valence-electron chi connectivity index (χ4n) is 2.97. The number of carbonyl (C=O) groups is 1. The number of rotatable bonds is 7. The standard InChI is InChI=1S/C21H15BrF4N6O3/c22-32(20(33)34-10-7-21(24,25)26)18-5-8-27-19(28-18)16-11-17(15-6-9-35-30-15)31(29-16)12-13-3-1-2-4-14(13)23/h1-6,8-9,11H,7,10,12H2. The third-order valence-corrected chi connectivity index (χ3v) is 5.25. The van der Waals surface area contributed by atoms with Gasteiger partial charge in [-0.05, 0) is 12.1 Å². The smallest absolute Gasteiger partial charge is 0.425 e. The number of anilines is 1. The number of halogens is 5. The van der Waals surface area contributed by atoms with Gasteiger partial charge in [0.2, 0.25) is 0 Å². The van der Waals surface area contributed by atoms with Crippen molar-refractivity contribution in [1.82, 2.24) is 24.9 Å². The summed E-state index contributed by atoms with van der Waals surface area (Å²) in [6.07, 6.45) is -4.12. The van der Waals surface area contributed by atoms with Crippen LogP contribution in [0.4, 0.5) is 28.2 Å². The molecule has 0 N–H and O–H groups in total. The zero-order valence-corrected chi connectivity index (χ0v) is 19.2. The molecule has 4 rings (SSSR count). The lowest BCUT2D eigenvalue weighted by Crippen LogP contribution is -2.24. The average molecular weight is 555 g/mol. The number of benzene rings is 1. The fourth-order valence-corrected chi connectivity index (χ4v) is 3.27. The minimum absolute atomic E-state index is 0.00125. The predicted molar refractivity (Wildman–Crippen MR) is 118 cm³/mol. The van der Waals surface area contributed by atoms with Crippen LogP contribution in [0.5, 0.6) is 0 Å². The van der Waals surface area contributed by atoms with Crippen LogP contribution < -0.4 is 3.93 Å². The third-order valence-electron chi connectivity index (χ3n) is 4.60. The SMILES string of the molecule is O=C(OCCC(F)(F)F)N(Br)c1ccnc(-c2cc(-c3ccon3)n(Cc3ccccc3F)n2)n1. The first-order chi connectivity index (χ1) is 16.7. The lowest BCUT2D eigenvalue weighted by molar-refractivity contribution is -0.140. The molecule has 0 aliphatic heterocycles. The van der Waals surface area contributed by atoms with Crippen LogP contribution in [-0.4, -0.2) is 43.8 Å². The van der Waals surface area contributed by atoms with Crippen molar-refractivity contribution in [3.8, 4) is 22.9 Å².